The van der Waals surface area contributed by atoms with E-state index in [9.17, 15) is 0 Å². The van der Waals surface area contributed by atoms with E-state index < -0.39 is 0 Å². The first-order chi connectivity index (χ1) is 5.36. The Morgan fingerprint density at radius 2 is 2.00 bits per heavy atom. The van der Waals surface area contributed by atoms with Crippen LogP contribution in [0.25, 0.3) is 0 Å². The van der Waals surface area contributed by atoms with Gasteiger partial charge in [0.15, 0.2) is 3.01 Å². The van der Waals surface area contributed by atoms with Gasteiger partial charge in [0.05, 0.1) is 0 Å². The van der Waals surface area contributed by atoms with E-state index in [0.717, 1.165) is 8.93 Å². The van der Waals surface area contributed by atoms with E-state index in [1.54, 1.807) is 11.3 Å². The molecule has 0 aliphatic heterocycles. The summed E-state index contributed by atoms with van der Waals surface area (Å²) in [5.41, 5.74) is 0. The summed E-state index contributed by atoms with van der Waals surface area (Å²) in [5, 5.41) is 9.43. The zero-order chi connectivity index (χ0) is 7.68. The molecule has 1 aliphatic rings. The Morgan fingerprint density at radius 1 is 1.27 bits per heavy atom. The van der Waals surface area contributed by atoms with E-state index in [4.69, 9.17) is 0 Å². The number of hydrogen-bond donors (Lipinski definition) is 0. The molecule has 4 heteroatoms. The van der Waals surface area contributed by atoms with E-state index in [2.05, 4.69) is 32.8 Å². The van der Waals surface area contributed by atoms with Crippen molar-refractivity contribution in [3.05, 3.63) is 8.02 Å². The van der Waals surface area contributed by atoms with Gasteiger partial charge in [-0.05, 0) is 35.4 Å². The van der Waals surface area contributed by atoms with Gasteiger partial charge in [0.25, 0.3) is 0 Å². The molecule has 0 bridgehead atoms. The molecule has 0 unspecified atom stereocenters. The summed E-state index contributed by atoms with van der Waals surface area (Å²) >= 11 is 3.98. The highest BCUT2D eigenvalue weighted by molar-refractivity contribution is 14.1. The van der Waals surface area contributed by atoms with Gasteiger partial charge >= 0.3 is 0 Å². The Hall–Kier alpha value is 0.290. The quantitative estimate of drug-likeness (QED) is 0.739. The predicted octanol–water partition coefficient (Wildman–Crippen LogP) is 2.80. The zero-order valence-electron chi connectivity index (χ0n) is 6.09. The molecule has 1 aromatic rings. The molecule has 0 spiro atoms. The molecule has 1 heterocycles. The van der Waals surface area contributed by atoms with Crippen molar-refractivity contribution in [1.82, 2.24) is 10.2 Å². The number of halogens is 1. The Labute approximate surface area is 83.6 Å². The topological polar surface area (TPSA) is 25.8 Å². The summed E-state index contributed by atoms with van der Waals surface area (Å²) in [6.07, 6.45) is 5.40. The summed E-state index contributed by atoms with van der Waals surface area (Å²) in [6, 6.07) is 0. The first kappa shape index (κ1) is 7.91. The van der Waals surface area contributed by atoms with Gasteiger partial charge in [-0.15, -0.1) is 10.2 Å². The third-order valence-electron chi connectivity index (χ3n) is 2.12. The van der Waals surface area contributed by atoms with Gasteiger partial charge in [0.2, 0.25) is 0 Å². The molecule has 2 nitrogen and oxygen atoms in total. The lowest BCUT2D eigenvalue weighted by atomic mass is 10.1. The lowest BCUT2D eigenvalue weighted by molar-refractivity contribution is 0.704. The number of aromatic nitrogens is 2. The molecular weight excluding hydrogens is 271 g/mol. The number of hydrogen-bond acceptors (Lipinski definition) is 3. The lowest BCUT2D eigenvalue weighted by Crippen LogP contribution is -1.89. The van der Waals surface area contributed by atoms with Gasteiger partial charge in [0.1, 0.15) is 5.01 Å². The summed E-state index contributed by atoms with van der Waals surface area (Å²) in [5.74, 6) is 0.732. The minimum absolute atomic E-state index is 0.732. The third-order valence-corrected chi connectivity index (χ3v) is 3.87. The molecule has 1 fully saturated rings. The Morgan fingerprint density at radius 3 is 2.55 bits per heavy atom. The van der Waals surface area contributed by atoms with E-state index in [0.29, 0.717) is 0 Å². The highest BCUT2D eigenvalue weighted by Gasteiger charge is 2.20. The molecule has 0 aromatic carbocycles. The molecule has 0 radical (unpaired) electrons. The summed E-state index contributed by atoms with van der Waals surface area (Å²) in [4.78, 5) is 0. The van der Waals surface area contributed by atoms with Crippen molar-refractivity contribution >= 4 is 33.9 Å². The molecule has 60 valence electrons. The molecule has 0 atom stereocenters. The maximum absolute atomic E-state index is 4.16. The first-order valence-electron chi connectivity index (χ1n) is 3.85. The lowest BCUT2D eigenvalue weighted by Gasteiger charge is -2.00. The van der Waals surface area contributed by atoms with Crippen LogP contribution in [-0.4, -0.2) is 10.2 Å². The highest BCUT2D eigenvalue weighted by atomic mass is 127. The van der Waals surface area contributed by atoms with Crippen molar-refractivity contribution in [2.24, 2.45) is 0 Å². The van der Waals surface area contributed by atoms with E-state index >= 15 is 0 Å². The fraction of sp³-hybridized carbons (Fsp3) is 0.714. The van der Waals surface area contributed by atoms with Crippen LogP contribution in [0.15, 0.2) is 0 Å². The molecule has 1 saturated carbocycles. The molecule has 0 saturated heterocycles. The Bertz CT molecular complexity index is 242. The molecular formula is C7H9IN2S. The SMILES string of the molecule is Ic1nnc(C2CCCC2)s1. The van der Waals surface area contributed by atoms with Gasteiger partial charge in [-0.2, -0.15) is 0 Å². The van der Waals surface area contributed by atoms with Gasteiger partial charge < -0.3 is 0 Å². The van der Waals surface area contributed by atoms with Crippen LogP contribution in [0.2, 0.25) is 0 Å². The smallest absolute Gasteiger partial charge is 0.142 e. The van der Waals surface area contributed by atoms with Crippen LogP contribution in [-0.2, 0) is 0 Å². The second-order valence-corrected chi connectivity index (χ2v) is 5.64. The van der Waals surface area contributed by atoms with E-state index in [1.165, 1.54) is 30.7 Å². The molecule has 0 amide bonds. The second kappa shape index (κ2) is 3.35. The normalized spacial score (nSPS) is 19.4. The second-order valence-electron chi connectivity index (χ2n) is 2.87. The predicted molar refractivity (Wildman–Crippen MR) is 53.8 cm³/mol. The van der Waals surface area contributed by atoms with Crippen LogP contribution in [0.5, 0.6) is 0 Å². The first-order valence-corrected chi connectivity index (χ1v) is 5.74. The fourth-order valence-corrected chi connectivity index (χ4v) is 3.08. The summed E-state index contributed by atoms with van der Waals surface area (Å²) < 4.78 is 1.07. The van der Waals surface area contributed by atoms with Gasteiger partial charge in [-0.3, -0.25) is 0 Å². The largest absolute Gasteiger partial charge is 0.178 e. The van der Waals surface area contributed by atoms with Crippen LogP contribution in [0, 0.1) is 3.01 Å². The van der Waals surface area contributed by atoms with Gasteiger partial charge in [-0.25, -0.2) is 0 Å². The molecule has 1 aliphatic carbocycles. The van der Waals surface area contributed by atoms with Gasteiger partial charge in [0, 0.05) is 5.92 Å². The average Bonchev–Trinajstić information content (AvgIpc) is 2.55. The number of nitrogens with zero attached hydrogens (tertiary/aromatic N) is 2. The highest BCUT2D eigenvalue weighted by Crippen LogP contribution is 2.35. The van der Waals surface area contributed by atoms with Crippen LogP contribution >= 0.6 is 33.9 Å². The fourth-order valence-electron chi connectivity index (χ4n) is 1.55. The van der Waals surface area contributed by atoms with Crippen LogP contribution in [0.4, 0.5) is 0 Å². The standard InChI is InChI=1S/C7H9IN2S/c8-7-10-9-6(11-7)5-3-1-2-4-5/h5H,1-4H2. The van der Waals surface area contributed by atoms with Crippen molar-refractivity contribution < 1.29 is 0 Å². The van der Waals surface area contributed by atoms with Crippen molar-refractivity contribution in [3.8, 4) is 0 Å². The minimum Gasteiger partial charge on any atom is -0.142 e. The van der Waals surface area contributed by atoms with Crippen molar-refractivity contribution in [3.63, 3.8) is 0 Å². The van der Waals surface area contributed by atoms with Crippen molar-refractivity contribution in [2.75, 3.05) is 0 Å². The number of rotatable bonds is 1. The molecule has 0 N–H and O–H groups in total. The van der Waals surface area contributed by atoms with Crippen molar-refractivity contribution in [2.45, 2.75) is 31.6 Å². The molecule has 11 heavy (non-hydrogen) atoms. The van der Waals surface area contributed by atoms with E-state index in [-0.39, 0.29) is 0 Å². The van der Waals surface area contributed by atoms with Gasteiger partial charge in [-0.1, -0.05) is 24.2 Å². The zero-order valence-corrected chi connectivity index (χ0v) is 9.06. The minimum atomic E-state index is 0.732. The Balaban J connectivity index is 2.15. The van der Waals surface area contributed by atoms with Crippen LogP contribution in [0.3, 0.4) is 0 Å². The van der Waals surface area contributed by atoms with Crippen LogP contribution in [0.1, 0.15) is 36.6 Å². The Kier molecular flexibility index (Phi) is 2.41. The van der Waals surface area contributed by atoms with Crippen LogP contribution < -0.4 is 0 Å². The molecule has 1 aromatic heterocycles. The maximum atomic E-state index is 4.16. The summed E-state index contributed by atoms with van der Waals surface area (Å²) in [6.45, 7) is 0. The average molecular weight is 280 g/mol. The summed E-state index contributed by atoms with van der Waals surface area (Å²) in [7, 11) is 0. The monoisotopic (exact) mass is 280 g/mol. The third kappa shape index (κ3) is 1.72. The maximum Gasteiger partial charge on any atom is 0.178 e. The molecule has 2 rings (SSSR count). The van der Waals surface area contributed by atoms with Crippen molar-refractivity contribution in [1.29, 1.82) is 0 Å². The van der Waals surface area contributed by atoms with E-state index in [1.807, 2.05) is 0 Å².